The Balaban J connectivity index is 1.82. The van der Waals surface area contributed by atoms with Crippen LogP contribution in [0.15, 0.2) is 48.5 Å². The topological polar surface area (TPSA) is 42.1 Å². The second-order valence-corrected chi connectivity index (χ2v) is 5.46. The molecule has 0 radical (unpaired) electrons. The van der Waals surface area contributed by atoms with Gasteiger partial charge in [-0.15, -0.1) is 0 Å². The molecule has 1 aliphatic carbocycles. The SMILES string of the molecule is COc1ccc(/C=C2/C(=O)Cc3c2[nH]c2ccccc32)cc1. The minimum Gasteiger partial charge on any atom is -0.497 e. The summed E-state index contributed by atoms with van der Waals surface area (Å²) in [6.45, 7) is 0. The Bertz CT molecular complexity index is 901. The van der Waals surface area contributed by atoms with Gasteiger partial charge in [-0.3, -0.25) is 4.79 Å². The Morgan fingerprint density at radius 2 is 1.86 bits per heavy atom. The van der Waals surface area contributed by atoms with Crippen LogP contribution in [0, 0.1) is 0 Å². The molecule has 22 heavy (non-hydrogen) atoms. The van der Waals surface area contributed by atoms with Gasteiger partial charge in [0, 0.05) is 22.9 Å². The maximum absolute atomic E-state index is 12.4. The van der Waals surface area contributed by atoms with Crippen LogP contribution >= 0.6 is 0 Å². The van der Waals surface area contributed by atoms with E-state index in [0.29, 0.717) is 6.42 Å². The van der Waals surface area contributed by atoms with E-state index in [9.17, 15) is 4.79 Å². The maximum Gasteiger partial charge on any atom is 0.169 e. The van der Waals surface area contributed by atoms with E-state index < -0.39 is 0 Å². The lowest BCUT2D eigenvalue weighted by Gasteiger charge is -2.01. The first kappa shape index (κ1) is 12.9. The van der Waals surface area contributed by atoms with Crippen molar-refractivity contribution in [3.8, 4) is 5.75 Å². The minimum atomic E-state index is 0.169. The van der Waals surface area contributed by atoms with Crippen LogP contribution in [0.1, 0.15) is 16.8 Å². The summed E-state index contributed by atoms with van der Waals surface area (Å²) in [5.74, 6) is 0.981. The highest BCUT2D eigenvalue weighted by molar-refractivity contribution is 6.30. The van der Waals surface area contributed by atoms with E-state index in [2.05, 4.69) is 11.1 Å². The average Bonchev–Trinajstić information content (AvgIpc) is 3.05. The molecule has 0 saturated heterocycles. The summed E-state index contributed by atoms with van der Waals surface area (Å²) >= 11 is 0. The number of benzene rings is 2. The molecule has 0 aliphatic heterocycles. The second kappa shape index (κ2) is 4.88. The van der Waals surface area contributed by atoms with Gasteiger partial charge in [0.1, 0.15) is 5.75 Å². The smallest absolute Gasteiger partial charge is 0.169 e. The summed E-state index contributed by atoms with van der Waals surface area (Å²) in [6.07, 6.45) is 2.42. The lowest BCUT2D eigenvalue weighted by atomic mass is 10.1. The standard InChI is InChI=1S/C19H15NO2/c1-22-13-8-6-12(7-9-13)10-16-18(21)11-15-14-4-2-3-5-17(14)20-19(15)16/h2-10,20H,11H2,1H3/b16-10-. The molecule has 1 N–H and O–H groups in total. The fourth-order valence-electron chi connectivity index (χ4n) is 3.03. The normalized spacial score (nSPS) is 15.5. The molecule has 0 amide bonds. The van der Waals surface area contributed by atoms with E-state index in [4.69, 9.17) is 4.74 Å². The number of fused-ring (bicyclic) bond motifs is 3. The fraction of sp³-hybridized carbons (Fsp3) is 0.105. The lowest BCUT2D eigenvalue weighted by molar-refractivity contribution is -0.112. The van der Waals surface area contributed by atoms with Gasteiger partial charge in [0.15, 0.2) is 5.78 Å². The number of nitrogens with one attached hydrogen (secondary N) is 1. The first-order valence-electron chi connectivity index (χ1n) is 7.25. The van der Waals surface area contributed by atoms with Crippen LogP contribution in [-0.2, 0) is 11.2 Å². The number of Topliss-reactive ketones (excluding diaryl/α,β-unsaturated/α-hetero) is 1. The molecule has 0 saturated carbocycles. The van der Waals surface area contributed by atoms with Crippen molar-refractivity contribution < 1.29 is 9.53 Å². The lowest BCUT2D eigenvalue weighted by Crippen LogP contribution is -1.95. The Kier molecular flexibility index (Phi) is 2.86. The number of allylic oxidation sites excluding steroid dienone is 1. The average molecular weight is 289 g/mol. The Morgan fingerprint density at radius 1 is 1.09 bits per heavy atom. The van der Waals surface area contributed by atoms with Crippen molar-refractivity contribution in [3.63, 3.8) is 0 Å². The maximum atomic E-state index is 12.4. The summed E-state index contributed by atoms with van der Waals surface area (Å²) in [5.41, 5.74) is 4.91. The molecule has 1 aromatic heterocycles. The van der Waals surface area contributed by atoms with Crippen molar-refractivity contribution >= 4 is 28.3 Å². The van der Waals surface area contributed by atoms with Crippen LogP contribution in [0.25, 0.3) is 22.6 Å². The summed E-state index contributed by atoms with van der Waals surface area (Å²) in [5, 5.41) is 1.14. The molecule has 1 aliphatic rings. The number of hydrogen-bond acceptors (Lipinski definition) is 2. The van der Waals surface area contributed by atoms with Gasteiger partial charge in [-0.05, 0) is 35.4 Å². The summed E-state index contributed by atoms with van der Waals surface area (Å²) in [6, 6.07) is 15.8. The minimum absolute atomic E-state index is 0.169. The molecule has 0 bridgehead atoms. The molecule has 0 fully saturated rings. The third-order valence-electron chi connectivity index (χ3n) is 4.15. The van der Waals surface area contributed by atoms with Gasteiger partial charge in [-0.1, -0.05) is 30.3 Å². The first-order chi connectivity index (χ1) is 10.8. The van der Waals surface area contributed by atoms with Crippen LogP contribution < -0.4 is 4.74 Å². The zero-order valence-corrected chi connectivity index (χ0v) is 12.2. The third kappa shape index (κ3) is 1.94. The van der Waals surface area contributed by atoms with Gasteiger partial charge in [0.05, 0.1) is 12.8 Å². The number of rotatable bonds is 2. The number of aromatic nitrogens is 1. The van der Waals surface area contributed by atoms with Gasteiger partial charge < -0.3 is 9.72 Å². The van der Waals surface area contributed by atoms with E-state index in [1.165, 1.54) is 0 Å². The predicted octanol–water partition coefficient (Wildman–Crippen LogP) is 3.84. The molecule has 2 aromatic carbocycles. The molecule has 0 atom stereocenters. The highest BCUT2D eigenvalue weighted by Crippen LogP contribution is 2.35. The summed E-state index contributed by atoms with van der Waals surface area (Å²) < 4.78 is 5.16. The third-order valence-corrected chi connectivity index (χ3v) is 4.15. The number of carbonyl (C=O) groups excluding carboxylic acids is 1. The second-order valence-electron chi connectivity index (χ2n) is 5.46. The molecular formula is C19H15NO2. The largest absolute Gasteiger partial charge is 0.497 e. The van der Waals surface area contributed by atoms with E-state index >= 15 is 0 Å². The van der Waals surface area contributed by atoms with Crippen molar-refractivity contribution in [1.29, 1.82) is 0 Å². The van der Waals surface area contributed by atoms with Gasteiger partial charge >= 0.3 is 0 Å². The van der Waals surface area contributed by atoms with Crippen molar-refractivity contribution in [2.75, 3.05) is 7.11 Å². The van der Waals surface area contributed by atoms with E-state index in [0.717, 1.165) is 39.0 Å². The first-order valence-corrected chi connectivity index (χ1v) is 7.25. The molecule has 0 unspecified atom stereocenters. The Labute approximate surface area is 128 Å². The number of carbonyl (C=O) groups is 1. The molecule has 0 spiro atoms. The van der Waals surface area contributed by atoms with Gasteiger partial charge in [0.2, 0.25) is 0 Å². The highest BCUT2D eigenvalue weighted by atomic mass is 16.5. The van der Waals surface area contributed by atoms with Crippen LogP contribution in [0.2, 0.25) is 0 Å². The van der Waals surface area contributed by atoms with Gasteiger partial charge in [-0.2, -0.15) is 0 Å². The molecular weight excluding hydrogens is 274 g/mol. The Hall–Kier alpha value is -2.81. The number of H-pyrrole nitrogens is 1. The summed E-state index contributed by atoms with van der Waals surface area (Å²) in [7, 11) is 1.64. The molecule has 4 rings (SSSR count). The van der Waals surface area contributed by atoms with Crippen molar-refractivity contribution in [2.24, 2.45) is 0 Å². The molecule has 3 aromatic rings. The van der Waals surface area contributed by atoms with E-state index in [1.807, 2.05) is 48.5 Å². The molecule has 108 valence electrons. The zero-order valence-electron chi connectivity index (χ0n) is 12.2. The number of ether oxygens (including phenoxy) is 1. The molecule has 3 heteroatoms. The van der Waals surface area contributed by atoms with E-state index in [-0.39, 0.29) is 5.78 Å². The number of methoxy groups -OCH3 is 1. The number of aromatic amines is 1. The van der Waals surface area contributed by atoms with Crippen LogP contribution in [0.3, 0.4) is 0 Å². The highest BCUT2D eigenvalue weighted by Gasteiger charge is 2.28. The van der Waals surface area contributed by atoms with Gasteiger partial charge in [0.25, 0.3) is 0 Å². The zero-order chi connectivity index (χ0) is 15.1. The number of hydrogen-bond donors (Lipinski definition) is 1. The van der Waals surface area contributed by atoms with Crippen LogP contribution in [0.5, 0.6) is 5.75 Å². The Morgan fingerprint density at radius 3 is 2.64 bits per heavy atom. The van der Waals surface area contributed by atoms with Crippen LogP contribution in [-0.4, -0.2) is 17.9 Å². The predicted molar refractivity (Wildman–Crippen MR) is 87.9 cm³/mol. The van der Waals surface area contributed by atoms with Crippen LogP contribution in [0.4, 0.5) is 0 Å². The fourth-order valence-corrected chi connectivity index (χ4v) is 3.03. The monoisotopic (exact) mass is 289 g/mol. The van der Waals surface area contributed by atoms with Crippen molar-refractivity contribution in [2.45, 2.75) is 6.42 Å². The summed E-state index contributed by atoms with van der Waals surface area (Å²) in [4.78, 5) is 15.7. The number of ketones is 1. The van der Waals surface area contributed by atoms with Gasteiger partial charge in [-0.25, -0.2) is 0 Å². The number of para-hydroxylation sites is 1. The quantitative estimate of drug-likeness (QED) is 0.728. The van der Waals surface area contributed by atoms with Crippen molar-refractivity contribution in [1.82, 2.24) is 4.98 Å². The van der Waals surface area contributed by atoms with Crippen molar-refractivity contribution in [3.05, 3.63) is 65.4 Å². The molecule has 3 nitrogen and oxygen atoms in total. The van der Waals surface area contributed by atoms with E-state index in [1.54, 1.807) is 7.11 Å². The molecule has 1 heterocycles.